The Bertz CT molecular complexity index is 571. The van der Waals surface area contributed by atoms with Gasteiger partial charge in [0.2, 0.25) is 0 Å². The number of aromatic nitrogens is 1. The van der Waals surface area contributed by atoms with E-state index in [1.54, 1.807) is 6.20 Å². The second-order valence-electron chi connectivity index (χ2n) is 4.04. The maximum atomic E-state index is 13.3. The molecule has 6 heteroatoms. The van der Waals surface area contributed by atoms with Crippen molar-refractivity contribution in [3.8, 4) is 0 Å². The fraction of sp³-hybridized carbons (Fsp3) is 0.231. The van der Waals surface area contributed by atoms with E-state index in [4.69, 9.17) is 5.73 Å². The van der Waals surface area contributed by atoms with Crippen LogP contribution in [0, 0.1) is 5.82 Å². The summed E-state index contributed by atoms with van der Waals surface area (Å²) in [5.41, 5.74) is 5.66. The number of halogens is 1. The van der Waals surface area contributed by atoms with Gasteiger partial charge in [-0.25, -0.2) is 9.37 Å². The van der Waals surface area contributed by atoms with Gasteiger partial charge in [-0.1, -0.05) is 6.92 Å². The van der Waals surface area contributed by atoms with Crippen LogP contribution in [0.1, 0.15) is 34.8 Å². The number of rotatable bonds is 4. The summed E-state index contributed by atoms with van der Waals surface area (Å²) in [6.45, 7) is 1.95. The average molecular weight is 279 g/mol. The van der Waals surface area contributed by atoms with Crippen molar-refractivity contribution in [2.75, 3.05) is 5.73 Å². The maximum Gasteiger partial charge on any atom is 0.251 e. The summed E-state index contributed by atoms with van der Waals surface area (Å²) in [5.74, 6) is -0.920. The quantitative estimate of drug-likeness (QED) is 0.846. The summed E-state index contributed by atoms with van der Waals surface area (Å²) in [6.07, 6.45) is 2.41. The molecule has 3 N–H and O–H groups in total. The summed E-state index contributed by atoms with van der Waals surface area (Å²) >= 11 is 1.48. The van der Waals surface area contributed by atoms with Crippen LogP contribution in [-0.4, -0.2) is 10.9 Å². The molecule has 1 heterocycles. The lowest BCUT2D eigenvalue weighted by Gasteiger charge is -2.14. The predicted molar refractivity (Wildman–Crippen MR) is 73.4 cm³/mol. The van der Waals surface area contributed by atoms with Crippen molar-refractivity contribution < 1.29 is 9.18 Å². The topological polar surface area (TPSA) is 68.0 Å². The normalized spacial score (nSPS) is 12.1. The number of anilines is 1. The number of nitrogens with one attached hydrogen (secondary N) is 1. The Balaban J connectivity index is 2.13. The Morgan fingerprint density at radius 1 is 1.58 bits per heavy atom. The number of nitrogens with two attached hydrogens (primary N) is 1. The number of hydrogen-bond acceptors (Lipinski definition) is 4. The van der Waals surface area contributed by atoms with Crippen LogP contribution in [0.2, 0.25) is 0 Å². The first kappa shape index (κ1) is 13.5. The Kier molecular flexibility index (Phi) is 4.11. The molecule has 2 rings (SSSR count). The zero-order valence-corrected chi connectivity index (χ0v) is 11.2. The molecule has 0 fully saturated rings. The molecule has 0 saturated carbocycles. The monoisotopic (exact) mass is 279 g/mol. The molecule has 100 valence electrons. The SMILES string of the molecule is CCC(NC(=O)c1ccc(N)c(F)c1)c1nccs1. The summed E-state index contributed by atoms with van der Waals surface area (Å²) in [6, 6.07) is 3.86. The Labute approximate surface area is 114 Å². The zero-order chi connectivity index (χ0) is 13.8. The second kappa shape index (κ2) is 5.79. The van der Waals surface area contributed by atoms with Crippen LogP contribution in [0.5, 0.6) is 0 Å². The highest BCUT2D eigenvalue weighted by Crippen LogP contribution is 2.20. The third-order valence-corrected chi connectivity index (χ3v) is 3.61. The molecule has 1 aromatic carbocycles. The molecule has 1 aromatic heterocycles. The van der Waals surface area contributed by atoms with Crippen molar-refractivity contribution in [2.24, 2.45) is 0 Å². The van der Waals surface area contributed by atoms with Crippen molar-refractivity contribution in [3.05, 3.63) is 46.2 Å². The first-order valence-electron chi connectivity index (χ1n) is 5.87. The number of amides is 1. The van der Waals surface area contributed by atoms with Crippen molar-refractivity contribution in [2.45, 2.75) is 19.4 Å². The predicted octanol–water partition coefficient (Wildman–Crippen LogP) is 2.75. The van der Waals surface area contributed by atoms with E-state index in [1.165, 1.54) is 23.5 Å². The van der Waals surface area contributed by atoms with Crippen molar-refractivity contribution >= 4 is 22.9 Å². The molecule has 1 atom stereocenters. The number of thiazole rings is 1. The van der Waals surface area contributed by atoms with Gasteiger partial charge in [-0.2, -0.15) is 0 Å². The van der Waals surface area contributed by atoms with Crippen LogP contribution in [0.25, 0.3) is 0 Å². The summed E-state index contributed by atoms with van der Waals surface area (Å²) in [4.78, 5) is 16.2. The third-order valence-electron chi connectivity index (χ3n) is 2.73. The lowest BCUT2D eigenvalue weighted by Crippen LogP contribution is -2.28. The Hall–Kier alpha value is -1.95. The van der Waals surface area contributed by atoms with Gasteiger partial charge in [0, 0.05) is 17.1 Å². The van der Waals surface area contributed by atoms with Gasteiger partial charge in [-0.15, -0.1) is 11.3 Å². The first-order valence-corrected chi connectivity index (χ1v) is 6.75. The van der Waals surface area contributed by atoms with E-state index in [-0.39, 0.29) is 23.2 Å². The molecule has 0 aliphatic rings. The number of hydrogen-bond donors (Lipinski definition) is 2. The summed E-state index contributed by atoms with van der Waals surface area (Å²) in [5, 5.41) is 5.53. The lowest BCUT2D eigenvalue weighted by molar-refractivity contribution is 0.0935. The van der Waals surface area contributed by atoms with E-state index >= 15 is 0 Å². The molecule has 4 nitrogen and oxygen atoms in total. The zero-order valence-electron chi connectivity index (χ0n) is 10.4. The van der Waals surface area contributed by atoms with Gasteiger partial charge in [0.15, 0.2) is 0 Å². The van der Waals surface area contributed by atoms with E-state index in [9.17, 15) is 9.18 Å². The van der Waals surface area contributed by atoms with E-state index in [1.807, 2.05) is 12.3 Å². The summed E-state index contributed by atoms with van der Waals surface area (Å²) in [7, 11) is 0. The fourth-order valence-electron chi connectivity index (χ4n) is 1.65. The fourth-order valence-corrected chi connectivity index (χ4v) is 2.43. The molecule has 0 spiro atoms. The largest absolute Gasteiger partial charge is 0.396 e. The molecule has 0 aliphatic heterocycles. The molecule has 1 unspecified atom stereocenters. The van der Waals surface area contributed by atoms with Crippen molar-refractivity contribution in [1.82, 2.24) is 10.3 Å². The second-order valence-corrected chi connectivity index (χ2v) is 4.97. The van der Waals surface area contributed by atoms with E-state index in [0.29, 0.717) is 0 Å². The molecular formula is C13H14FN3OS. The smallest absolute Gasteiger partial charge is 0.251 e. The molecule has 0 radical (unpaired) electrons. The highest BCUT2D eigenvalue weighted by Gasteiger charge is 2.16. The summed E-state index contributed by atoms with van der Waals surface area (Å²) < 4.78 is 13.3. The van der Waals surface area contributed by atoms with Gasteiger partial charge in [-0.05, 0) is 24.6 Å². The van der Waals surface area contributed by atoms with Gasteiger partial charge in [0.1, 0.15) is 10.8 Å². The standard InChI is InChI=1S/C13H14FN3OS/c1-2-11(13-16-5-6-19-13)17-12(18)8-3-4-10(15)9(14)7-8/h3-7,11H,2,15H2,1H3,(H,17,18). The van der Waals surface area contributed by atoms with Gasteiger partial charge in [-0.3, -0.25) is 4.79 Å². The Morgan fingerprint density at radius 3 is 2.95 bits per heavy atom. The lowest BCUT2D eigenvalue weighted by atomic mass is 10.1. The maximum absolute atomic E-state index is 13.3. The van der Waals surface area contributed by atoms with Crippen LogP contribution in [0.4, 0.5) is 10.1 Å². The molecule has 0 bridgehead atoms. The van der Waals surface area contributed by atoms with Crippen molar-refractivity contribution in [3.63, 3.8) is 0 Å². The molecule has 19 heavy (non-hydrogen) atoms. The van der Waals surface area contributed by atoms with E-state index in [0.717, 1.165) is 17.5 Å². The van der Waals surface area contributed by atoms with E-state index in [2.05, 4.69) is 10.3 Å². The van der Waals surface area contributed by atoms with Gasteiger partial charge < -0.3 is 11.1 Å². The number of carbonyl (C=O) groups is 1. The van der Waals surface area contributed by atoms with Gasteiger partial charge in [0.25, 0.3) is 5.91 Å². The number of nitrogens with zero attached hydrogens (tertiary/aromatic N) is 1. The minimum Gasteiger partial charge on any atom is -0.396 e. The molecule has 0 saturated heterocycles. The first-order chi connectivity index (χ1) is 9.11. The molecule has 0 aliphatic carbocycles. The van der Waals surface area contributed by atoms with Crippen LogP contribution < -0.4 is 11.1 Å². The minimum atomic E-state index is -0.588. The van der Waals surface area contributed by atoms with E-state index < -0.39 is 5.82 Å². The van der Waals surface area contributed by atoms with Crippen LogP contribution >= 0.6 is 11.3 Å². The number of nitrogen functional groups attached to an aromatic ring is 1. The minimum absolute atomic E-state index is 0.0310. The number of benzene rings is 1. The molecular weight excluding hydrogens is 265 g/mol. The van der Waals surface area contributed by atoms with Gasteiger partial charge in [0.05, 0.1) is 11.7 Å². The average Bonchev–Trinajstić information content (AvgIpc) is 2.92. The highest BCUT2D eigenvalue weighted by atomic mass is 32.1. The molecule has 2 aromatic rings. The van der Waals surface area contributed by atoms with Crippen molar-refractivity contribution in [1.29, 1.82) is 0 Å². The van der Waals surface area contributed by atoms with Crippen LogP contribution in [0.15, 0.2) is 29.8 Å². The van der Waals surface area contributed by atoms with Crippen LogP contribution in [-0.2, 0) is 0 Å². The van der Waals surface area contributed by atoms with Gasteiger partial charge >= 0.3 is 0 Å². The third kappa shape index (κ3) is 3.08. The number of carbonyl (C=O) groups excluding carboxylic acids is 1. The highest BCUT2D eigenvalue weighted by molar-refractivity contribution is 7.09. The Morgan fingerprint density at radius 2 is 2.37 bits per heavy atom. The van der Waals surface area contributed by atoms with Crippen LogP contribution in [0.3, 0.4) is 0 Å². The molecule has 1 amide bonds.